The fourth-order valence-corrected chi connectivity index (χ4v) is 3.27. The highest BCUT2D eigenvalue weighted by Gasteiger charge is 2.26. The van der Waals surface area contributed by atoms with Gasteiger partial charge in [-0.15, -0.1) is 0 Å². The molecule has 1 aliphatic rings. The van der Waals surface area contributed by atoms with Gasteiger partial charge in [-0.1, -0.05) is 17.7 Å². The van der Waals surface area contributed by atoms with Crippen molar-refractivity contribution in [3.8, 4) is 0 Å². The van der Waals surface area contributed by atoms with Crippen LogP contribution in [0.5, 0.6) is 0 Å². The molecular weight excluding hydrogens is 338 g/mol. The fraction of sp³-hybridized carbons (Fsp3) is 0.389. The molecule has 25 heavy (non-hydrogen) atoms. The summed E-state index contributed by atoms with van der Waals surface area (Å²) in [5, 5.41) is 3.58. The number of nitrogens with zero attached hydrogens (tertiary/aromatic N) is 4. The molecule has 0 radical (unpaired) electrons. The molecule has 0 saturated carbocycles. The van der Waals surface area contributed by atoms with Crippen LogP contribution in [0.15, 0.2) is 36.8 Å². The molecular formula is C18H22ClN5O. The van der Waals surface area contributed by atoms with E-state index in [4.69, 9.17) is 11.6 Å². The third-order valence-electron chi connectivity index (χ3n) is 4.39. The zero-order valence-electron chi connectivity index (χ0n) is 14.4. The number of amides is 1. The standard InChI is InChI=1S/C18H22ClN5O/c1-23(2)17-16(11-20-12-21-17)24-8-6-13(7-9-24)18(25)22-15-5-3-4-14(19)10-15/h3-5,10-13H,6-9H2,1-2H3,(H,22,25). The molecule has 1 N–H and O–H groups in total. The van der Waals surface area contributed by atoms with Crippen molar-refractivity contribution >= 4 is 34.7 Å². The molecule has 2 aromatic rings. The van der Waals surface area contributed by atoms with Crippen molar-refractivity contribution in [1.82, 2.24) is 9.97 Å². The number of carbonyl (C=O) groups excluding carboxylic acids is 1. The summed E-state index contributed by atoms with van der Waals surface area (Å²) in [7, 11) is 3.94. The molecule has 1 fully saturated rings. The van der Waals surface area contributed by atoms with E-state index in [0.29, 0.717) is 5.02 Å². The van der Waals surface area contributed by atoms with E-state index < -0.39 is 0 Å². The van der Waals surface area contributed by atoms with E-state index in [0.717, 1.165) is 43.1 Å². The van der Waals surface area contributed by atoms with Crippen LogP contribution < -0.4 is 15.1 Å². The molecule has 132 valence electrons. The lowest BCUT2D eigenvalue weighted by Gasteiger charge is -2.34. The Morgan fingerprint density at radius 2 is 2.08 bits per heavy atom. The van der Waals surface area contributed by atoms with Crippen LogP contribution in [-0.4, -0.2) is 43.1 Å². The van der Waals surface area contributed by atoms with Crippen LogP contribution in [0.3, 0.4) is 0 Å². The molecule has 1 saturated heterocycles. The van der Waals surface area contributed by atoms with E-state index in [-0.39, 0.29) is 11.8 Å². The van der Waals surface area contributed by atoms with Gasteiger partial charge < -0.3 is 15.1 Å². The number of nitrogens with one attached hydrogen (secondary N) is 1. The molecule has 0 unspecified atom stereocenters. The van der Waals surface area contributed by atoms with Crippen LogP contribution in [-0.2, 0) is 4.79 Å². The van der Waals surface area contributed by atoms with Crippen LogP contribution in [0, 0.1) is 5.92 Å². The first-order valence-corrected chi connectivity index (χ1v) is 8.71. The van der Waals surface area contributed by atoms with Crippen molar-refractivity contribution in [3.05, 3.63) is 41.8 Å². The number of halogens is 1. The van der Waals surface area contributed by atoms with Crippen molar-refractivity contribution in [3.63, 3.8) is 0 Å². The maximum atomic E-state index is 12.5. The summed E-state index contributed by atoms with van der Waals surface area (Å²) in [6, 6.07) is 7.24. The topological polar surface area (TPSA) is 61.4 Å². The molecule has 2 heterocycles. The average Bonchev–Trinajstić information content (AvgIpc) is 2.62. The lowest BCUT2D eigenvalue weighted by molar-refractivity contribution is -0.120. The number of hydrogen-bond donors (Lipinski definition) is 1. The van der Waals surface area contributed by atoms with Gasteiger partial charge in [0.25, 0.3) is 0 Å². The largest absolute Gasteiger partial charge is 0.367 e. The van der Waals surface area contributed by atoms with Gasteiger partial charge >= 0.3 is 0 Å². The fourth-order valence-electron chi connectivity index (χ4n) is 3.08. The highest BCUT2D eigenvalue weighted by atomic mass is 35.5. The van der Waals surface area contributed by atoms with Gasteiger partial charge in [0.2, 0.25) is 5.91 Å². The van der Waals surface area contributed by atoms with Crippen LogP contribution in [0.4, 0.5) is 17.2 Å². The lowest BCUT2D eigenvalue weighted by Crippen LogP contribution is -2.39. The third-order valence-corrected chi connectivity index (χ3v) is 4.63. The number of rotatable bonds is 4. The average molecular weight is 360 g/mol. The summed E-state index contributed by atoms with van der Waals surface area (Å²) in [6.45, 7) is 1.61. The molecule has 0 aliphatic carbocycles. The Labute approximate surface area is 152 Å². The second kappa shape index (κ2) is 7.70. The molecule has 6 nitrogen and oxygen atoms in total. The zero-order valence-corrected chi connectivity index (χ0v) is 15.2. The second-order valence-electron chi connectivity index (χ2n) is 6.39. The van der Waals surface area contributed by atoms with Crippen molar-refractivity contribution in [1.29, 1.82) is 0 Å². The van der Waals surface area contributed by atoms with Gasteiger partial charge in [0.05, 0.1) is 11.9 Å². The third kappa shape index (κ3) is 4.20. The van der Waals surface area contributed by atoms with Crippen molar-refractivity contribution < 1.29 is 4.79 Å². The summed E-state index contributed by atoms with van der Waals surface area (Å²) >= 11 is 5.97. The number of anilines is 3. The van der Waals surface area contributed by atoms with Gasteiger partial charge in [-0.05, 0) is 31.0 Å². The number of aromatic nitrogens is 2. The van der Waals surface area contributed by atoms with Crippen molar-refractivity contribution in [2.24, 2.45) is 5.92 Å². The van der Waals surface area contributed by atoms with Crippen LogP contribution >= 0.6 is 11.6 Å². The molecule has 1 aliphatic heterocycles. The number of benzene rings is 1. The minimum atomic E-state index is 0.00247. The normalized spacial score (nSPS) is 15.1. The lowest BCUT2D eigenvalue weighted by atomic mass is 9.95. The second-order valence-corrected chi connectivity index (χ2v) is 6.82. The Bertz CT molecular complexity index is 744. The summed E-state index contributed by atoms with van der Waals surface area (Å²) < 4.78 is 0. The van der Waals surface area contributed by atoms with E-state index in [2.05, 4.69) is 20.2 Å². The summed E-state index contributed by atoms with van der Waals surface area (Å²) in [6.07, 6.45) is 5.00. The maximum absolute atomic E-state index is 12.5. The predicted octanol–water partition coefficient (Wildman–Crippen LogP) is 3.05. The van der Waals surface area contributed by atoms with E-state index in [9.17, 15) is 4.79 Å². The van der Waals surface area contributed by atoms with Gasteiger partial charge in [0.15, 0.2) is 5.82 Å². The Morgan fingerprint density at radius 1 is 1.32 bits per heavy atom. The van der Waals surface area contributed by atoms with Gasteiger partial charge in [0.1, 0.15) is 6.33 Å². The Morgan fingerprint density at radius 3 is 2.76 bits per heavy atom. The highest BCUT2D eigenvalue weighted by molar-refractivity contribution is 6.30. The molecule has 1 amide bonds. The zero-order chi connectivity index (χ0) is 17.8. The van der Waals surface area contributed by atoms with E-state index >= 15 is 0 Å². The molecule has 0 spiro atoms. The highest BCUT2D eigenvalue weighted by Crippen LogP contribution is 2.29. The van der Waals surface area contributed by atoms with E-state index in [1.807, 2.05) is 37.3 Å². The molecule has 3 rings (SSSR count). The number of carbonyl (C=O) groups is 1. The van der Waals surface area contributed by atoms with Gasteiger partial charge in [0, 0.05) is 43.8 Å². The Kier molecular flexibility index (Phi) is 5.38. The maximum Gasteiger partial charge on any atom is 0.227 e. The Hall–Kier alpha value is -2.34. The predicted molar refractivity (Wildman–Crippen MR) is 101 cm³/mol. The van der Waals surface area contributed by atoms with Crippen LogP contribution in [0.2, 0.25) is 5.02 Å². The number of piperidine rings is 1. The van der Waals surface area contributed by atoms with E-state index in [1.165, 1.54) is 0 Å². The first-order valence-electron chi connectivity index (χ1n) is 8.33. The SMILES string of the molecule is CN(C)c1ncncc1N1CCC(C(=O)Nc2cccc(Cl)c2)CC1. The van der Waals surface area contributed by atoms with Gasteiger partial charge in [-0.2, -0.15) is 0 Å². The van der Waals surface area contributed by atoms with Crippen molar-refractivity contribution in [2.45, 2.75) is 12.8 Å². The van der Waals surface area contributed by atoms with E-state index in [1.54, 1.807) is 18.5 Å². The first kappa shape index (κ1) is 17.5. The first-order chi connectivity index (χ1) is 12.0. The summed E-state index contributed by atoms with van der Waals surface area (Å²) in [5.74, 6) is 0.957. The summed E-state index contributed by atoms with van der Waals surface area (Å²) in [5.41, 5.74) is 1.76. The molecule has 1 aromatic carbocycles. The van der Waals surface area contributed by atoms with Crippen LogP contribution in [0.25, 0.3) is 0 Å². The van der Waals surface area contributed by atoms with Crippen LogP contribution in [0.1, 0.15) is 12.8 Å². The molecule has 1 aromatic heterocycles. The summed E-state index contributed by atoms with van der Waals surface area (Å²) in [4.78, 5) is 25.2. The monoisotopic (exact) mass is 359 g/mol. The van der Waals surface area contributed by atoms with Crippen molar-refractivity contribution in [2.75, 3.05) is 42.3 Å². The molecule has 7 heteroatoms. The smallest absolute Gasteiger partial charge is 0.227 e. The number of hydrogen-bond acceptors (Lipinski definition) is 5. The minimum Gasteiger partial charge on any atom is -0.367 e. The minimum absolute atomic E-state index is 0.00247. The molecule has 0 bridgehead atoms. The quantitative estimate of drug-likeness (QED) is 0.909. The molecule has 0 atom stereocenters. The van der Waals surface area contributed by atoms with Gasteiger partial charge in [-0.25, -0.2) is 9.97 Å². The van der Waals surface area contributed by atoms with Gasteiger partial charge in [-0.3, -0.25) is 4.79 Å². The Balaban J connectivity index is 1.61.